The summed E-state index contributed by atoms with van der Waals surface area (Å²) < 4.78 is 36.5. The van der Waals surface area contributed by atoms with Crippen LogP contribution in [-0.2, 0) is 16.1 Å². The number of halogens is 1. The molecule has 1 aromatic heterocycles. The fourth-order valence-electron chi connectivity index (χ4n) is 3.44. The van der Waals surface area contributed by atoms with Crippen LogP contribution in [-0.4, -0.2) is 36.3 Å². The van der Waals surface area contributed by atoms with Crippen LogP contribution in [0.15, 0.2) is 54.7 Å². The fraction of sp³-hybridized carbons (Fsp3) is 0.269. The molecule has 0 saturated carbocycles. The van der Waals surface area contributed by atoms with E-state index in [0.29, 0.717) is 11.6 Å². The Morgan fingerprint density at radius 2 is 1.86 bits per heavy atom. The second-order valence-corrected chi connectivity index (χ2v) is 8.95. The molecule has 0 saturated heterocycles. The maximum Gasteiger partial charge on any atom is 0.412 e. The number of anilines is 2. The Morgan fingerprint density at radius 1 is 1.14 bits per heavy atom. The lowest BCUT2D eigenvalue weighted by Crippen LogP contribution is -2.39. The highest BCUT2D eigenvalue weighted by atomic mass is 19.1. The van der Waals surface area contributed by atoms with Crippen molar-refractivity contribution in [1.82, 2.24) is 4.98 Å². The number of pyridine rings is 1. The number of hydrogen-bond donors (Lipinski definition) is 1. The highest BCUT2D eigenvalue weighted by Crippen LogP contribution is 2.41. The zero-order chi connectivity index (χ0) is 25.9. The molecule has 36 heavy (non-hydrogen) atoms. The van der Waals surface area contributed by atoms with Gasteiger partial charge in [-0.3, -0.25) is 15.0 Å². The van der Waals surface area contributed by atoms with Gasteiger partial charge in [-0.15, -0.1) is 0 Å². The molecule has 1 N–H and O–H groups in total. The number of rotatable bonds is 6. The molecule has 2 amide bonds. The Hall–Kier alpha value is -4.34. The second kappa shape index (κ2) is 10.1. The van der Waals surface area contributed by atoms with Crippen molar-refractivity contribution in [3.63, 3.8) is 0 Å². The van der Waals surface area contributed by atoms with E-state index >= 15 is 0 Å². The zero-order valence-electron chi connectivity index (χ0n) is 20.3. The molecule has 9 nitrogen and oxygen atoms in total. The fourth-order valence-corrected chi connectivity index (χ4v) is 3.44. The van der Waals surface area contributed by atoms with E-state index in [-0.39, 0.29) is 42.0 Å². The molecule has 10 heteroatoms. The minimum Gasteiger partial charge on any atom is -0.497 e. The monoisotopic (exact) mass is 495 g/mol. The summed E-state index contributed by atoms with van der Waals surface area (Å²) in [6, 6.07) is 12.9. The molecular weight excluding hydrogens is 469 g/mol. The maximum absolute atomic E-state index is 14.6. The standard InChI is InChI=1S/C26H26FN3O6/c1-26(2,3)36-25(32)29-20-10-9-18(13-19(20)27)35-21-11-12-28-24-23(21)34-15-22(31)30(24)14-16-5-7-17(33-4)8-6-16/h5-13H,14-15H2,1-4H3,(H,29,32). The number of fused-ring (bicyclic) bond motifs is 1. The molecule has 3 aromatic rings. The van der Waals surface area contributed by atoms with E-state index in [1.807, 2.05) is 24.3 Å². The van der Waals surface area contributed by atoms with Gasteiger partial charge in [-0.2, -0.15) is 0 Å². The van der Waals surface area contributed by atoms with E-state index in [2.05, 4.69) is 10.3 Å². The van der Waals surface area contributed by atoms with E-state index in [4.69, 9.17) is 18.9 Å². The van der Waals surface area contributed by atoms with Crippen LogP contribution in [0.1, 0.15) is 26.3 Å². The predicted octanol–water partition coefficient (Wildman–Crippen LogP) is 5.29. The summed E-state index contributed by atoms with van der Waals surface area (Å²) in [6.45, 7) is 5.21. The highest BCUT2D eigenvalue weighted by molar-refractivity contribution is 5.97. The van der Waals surface area contributed by atoms with Gasteiger partial charge < -0.3 is 18.9 Å². The average Bonchev–Trinajstić information content (AvgIpc) is 2.82. The number of amides is 2. The van der Waals surface area contributed by atoms with E-state index in [9.17, 15) is 14.0 Å². The molecule has 0 radical (unpaired) electrons. The molecule has 4 rings (SSSR count). The summed E-state index contributed by atoms with van der Waals surface area (Å²) in [5, 5.41) is 2.37. The first-order chi connectivity index (χ1) is 17.1. The Morgan fingerprint density at radius 3 is 2.53 bits per heavy atom. The number of carbonyl (C=O) groups is 2. The number of nitrogens with one attached hydrogen (secondary N) is 1. The number of hydrogen-bond acceptors (Lipinski definition) is 7. The topological polar surface area (TPSA) is 99.2 Å². The van der Waals surface area contributed by atoms with Crippen molar-refractivity contribution in [2.45, 2.75) is 32.9 Å². The molecule has 0 atom stereocenters. The molecule has 0 aliphatic carbocycles. The minimum atomic E-state index is -0.770. The Kier molecular flexibility index (Phi) is 6.96. The molecule has 1 aliphatic heterocycles. The van der Waals surface area contributed by atoms with Gasteiger partial charge in [0, 0.05) is 18.3 Å². The third-order valence-electron chi connectivity index (χ3n) is 5.05. The number of aromatic nitrogens is 1. The van der Waals surface area contributed by atoms with Crippen LogP contribution in [0.4, 0.5) is 20.7 Å². The molecule has 1 aliphatic rings. The predicted molar refractivity (Wildman–Crippen MR) is 130 cm³/mol. The Labute approximate surface area is 207 Å². The quantitative estimate of drug-likeness (QED) is 0.496. The average molecular weight is 496 g/mol. The maximum atomic E-state index is 14.6. The summed E-state index contributed by atoms with van der Waals surface area (Å²) in [7, 11) is 1.58. The SMILES string of the molecule is COc1ccc(CN2C(=O)COc3c(Oc4ccc(NC(=O)OC(C)(C)C)c(F)c4)ccnc32)cc1. The van der Waals surface area contributed by atoms with Crippen LogP contribution < -0.4 is 24.4 Å². The zero-order valence-corrected chi connectivity index (χ0v) is 20.3. The van der Waals surface area contributed by atoms with Gasteiger partial charge in [0.1, 0.15) is 17.1 Å². The lowest BCUT2D eigenvalue weighted by molar-refractivity contribution is -0.121. The van der Waals surface area contributed by atoms with Crippen LogP contribution in [0, 0.1) is 5.82 Å². The minimum absolute atomic E-state index is 0.0547. The van der Waals surface area contributed by atoms with E-state index in [0.717, 1.165) is 11.6 Å². The van der Waals surface area contributed by atoms with Gasteiger partial charge in [-0.25, -0.2) is 14.2 Å². The van der Waals surface area contributed by atoms with Crippen LogP contribution in [0.2, 0.25) is 0 Å². The van der Waals surface area contributed by atoms with Crippen molar-refractivity contribution in [2.75, 3.05) is 23.9 Å². The molecular formula is C26H26FN3O6. The van der Waals surface area contributed by atoms with Gasteiger partial charge >= 0.3 is 6.09 Å². The molecule has 0 unspecified atom stereocenters. The molecule has 2 aromatic carbocycles. The van der Waals surface area contributed by atoms with Crippen molar-refractivity contribution >= 4 is 23.5 Å². The van der Waals surface area contributed by atoms with Gasteiger partial charge in [0.2, 0.25) is 5.75 Å². The van der Waals surface area contributed by atoms with Crippen molar-refractivity contribution < 1.29 is 32.9 Å². The van der Waals surface area contributed by atoms with E-state index in [1.165, 1.54) is 23.2 Å². The Balaban J connectivity index is 1.53. The Bertz CT molecular complexity index is 1270. The van der Waals surface area contributed by atoms with E-state index < -0.39 is 17.5 Å². The normalized spacial score (nSPS) is 12.9. The molecule has 0 fully saturated rings. The number of carbonyl (C=O) groups excluding carboxylic acids is 2. The molecule has 0 bridgehead atoms. The first-order valence-electron chi connectivity index (χ1n) is 11.2. The number of nitrogens with zero attached hydrogens (tertiary/aromatic N) is 2. The number of ether oxygens (including phenoxy) is 4. The summed E-state index contributed by atoms with van der Waals surface area (Å²) >= 11 is 0. The van der Waals surface area contributed by atoms with Crippen LogP contribution >= 0.6 is 0 Å². The van der Waals surface area contributed by atoms with Gasteiger partial charge in [0.25, 0.3) is 5.91 Å². The van der Waals surface area contributed by atoms with Crippen LogP contribution in [0.5, 0.6) is 23.0 Å². The molecule has 188 valence electrons. The van der Waals surface area contributed by atoms with Crippen LogP contribution in [0.25, 0.3) is 0 Å². The van der Waals surface area contributed by atoms with Gasteiger partial charge in [0.05, 0.1) is 19.3 Å². The molecule has 2 heterocycles. The van der Waals surface area contributed by atoms with E-state index in [1.54, 1.807) is 33.9 Å². The lowest BCUT2D eigenvalue weighted by atomic mass is 10.2. The van der Waals surface area contributed by atoms with Crippen molar-refractivity contribution in [3.8, 4) is 23.0 Å². The van der Waals surface area contributed by atoms with Gasteiger partial charge in [0.15, 0.2) is 24.0 Å². The van der Waals surface area contributed by atoms with Crippen LogP contribution in [0.3, 0.4) is 0 Å². The van der Waals surface area contributed by atoms with Gasteiger partial charge in [-0.1, -0.05) is 12.1 Å². The number of benzene rings is 2. The van der Waals surface area contributed by atoms with Gasteiger partial charge in [-0.05, 0) is 50.6 Å². The summed E-state index contributed by atoms with van der Waals surface area (Å²) in [5.41, 5.74) is 0.105. The van der Waals surface area contributed by atoms with Crippen molar-refractivity contribution in [3.05, 3.63) is 66.1 Å². The summed E-state index contributed by atoms with van der Waals surface area (Å²) in [5.74, 6) is 0.730. The largest absolute Gasteiger partial charge is 0.497 e. The van der Waals surface area contributed by atoms with Crippen molar-refractivity contribution in [2.24, 2.45) is 0 Å². The second-order valence-electron chi connectivity index (χ2n) is 8.95. The third kappa shape index (κ3) is 5.83. The summed E-state index contributed by atoms with van der Waals surface area (Å²) in [4.78, 5) is 30.4. The highest BCUT2D eigenvalue weighted by Gasteiger charge is 2.30. The third-order valence-corrected chi connectivity index (χ3v) is 5.05. The molecule has 0 spiro atoms. The first-order valence-corrected chi connectivity index (χ1v) is 11.2. The lowest BCUT2D eigenvalue weighted by Gasteiger charge is -2.29. The first kappa shape index (κ1) is 24.8. The van der Waals surface area contributed by atoms with Crippen molar-refractivity contribution in [1.29, 1.82) is 0 Å². The smallest absolute Gasteiger partial charge is 0.412 e. The number of methoxy groups -OCH3 is 1. The summed E-state index contributed by atoms with van der Waals surface area (Å²) in [6.07, 6.45) is 0.708.